The molecule has 0 atom stereocenters. The summed E-state index contributed by atoms with van der Waals surface area (Å²) in [5.41, 5.74) is 6.67. The molecule has 1 N–H and O–H groups in total. The van der Waals surface area contributed by atoms with E-state index in [2.05, 4.69) is 44.5 Å². The maximum atomic E-state index is 4.75. The zero-order valence-electron chi connectivity index (χ0n) is 16.3. The van der Waals surface area contributed by atoms with Crippen molar-refractivity contribution >= 4 is 28.1 Å². The summed E-state index contributed by atoms with van der Waals surface area (Å²) < 4.78 is 0. The van der Waals surface area contributed by atoms with Gasteiger partial charge in [-0.1, -0.05) is 30.3 Å². The highest BCUT2D eigenvalue weighted by Crippen LogP contribution is 2.27. The predicted octanol–water partition coefficient (Wildman–Crippen LogP) is 5.43. The molecule has 29 heavy (non-hydrogen) atoms. The van der Waals surface area contributed by atoms with Crippen molar-refractivity contribution in [1.82, 2.24) is 15.0 Å². The number of hydrogen-bond donors (Lipinski definition) is 1. The lowest BCUT2D eigenvalue weighted by atomic mass is 10.1. The number of nitrogens with zero attached hydrogens (tertiary/aromatic N) is 4. The number of pyridine rings is 1. The van der Waals surface area contributed by atoms with Crippen molar-refractivity contribution in [2.75, 3.05) is 23.3 Å². The van der Waals surface area contributed by atoms with Gasteiger partial charge in [-0.25, -0.2) is 4.98 Å². The largest absolute Gasteiger partial charge is 0.372 e. The van der Waals surface area contributed by atoms with Crippen molar-refractivity contribution in [2.24, 2.45) is 0 Å². The lowest BCUT2D eigenvalue weighted by Crippen LogP contribution is -2.29. The van der Waals surface area contributed by atoms with E-state index in [1.54, 1.807) is 12.4 Å². The van der Waals surface area contributed by atoms with Crippen LogP contribution < -0.4 is 10.2 Å². The summed E-state index contributed by atoms with van der Waals surface area (Å²) in [6.45, 7) is 2.30. The number of benzene rings is 2. The zero-order valence-corrected chi connectivity index (χ0v) is 16.3. The molecule has 144 valence electrons. The first kappa shape index (κ1) is 17.6. The number of hydrogen-bond acceptors (Lipinski definition) is 5. The fourth-order valence-corrected chi connectivity index (χ4v) is 3.85. The molecule has 4 aromatic rings. The van der Waals surface area contributed by atoms with Gasteiger partial charge in [0.25, 0.3) is 0 Å². The van der Waals surface area contributed by atoms with Gasteiger partial charge in [-0.15, -0.1) is 0 Å². The standard InChI is InChI=1S/C24H23N5/c1-3-7-18(8-4-1)21-17-26-24-22(15-25-16-23(24)28-21)27-19-9-11-20(12-10-19)29-13-5-2-6-14-29/h1,3-4,7-12,15-17,27H,2,5-6,13-14H2. The molecule has 1 fully saturated rings. The Morgan fingerprint density at radius 3 is 2.38 bits per heavy atom. The number of piperidine rings is 1. The highest BCUT2D eigenvalue weighted by atomic mass is 15.1. The van der Waals surface area contributed by atoms with Crippen molar-refractivity contribution < 1.29 is 0 Å². The molecule has 0 saturated carbocycles. The van der Waals surface area contributed by atoms with Crippen molar-refractivity contribution in [3.8, 4) is 11.3 Å². The molecule has 0 amide bonds. The van der Waals surface area contributed by atoms with Gasteiger partial charge in [0.15, 0.2) is 0 Å². The fraction of sp³-hybridized carbons (Fsp3) is 0.208. The molecule has 2 aromatic carbocycles. The molecule has 2 aromatic heterocycles. The van der Waals surface area contributed by atoms with E-state index in [1.807, 2.05) is 36.5 Å². The van der Waals surface area contributed by atoms with Crippen LogP contribution in [0.5, 0.6) is 0 Å². The first-order valence-electron chi connectivity index (χ1n) is 10.1. The molecule has 5 rings (SSSR count). The summed E-state index contributed by atoms with van der Waals surface area (Å²) in [4.78, 5) is 16.2. The lowest BCUT2D eigenvalue weighted by Gasteiger charge is -2.28. The second kappa shape index (κ2) is 7.87. The van der Waals surface area contributed by atoms with Crippen molar-refractivity contribution in [3.05, 3.63) is 73.2 Å². The van der Waals surface area contributed by atoms with Crippen LogP contribution in [-0.2, 0) is 0 Å². The van der Waals surface area contributed by atoms with Crippen LogP contribution in [0.25, 0.3) is 22.3 Å². The number of rotatable bonds is 4. The second-order valence-electron chi connectivity index (χ2n) is 7.40. The van der Waals surface area contributed by atoms with Gasteiger partial charge < -0.3 is 10.2 Å². The summed E-state index contributed by atoms with van der Waals surface area (Å²) in [6.07, 6.45) is 9.30. The molecular formula is C24H23N5. The topological polar surface area (TPSA) is 53.9 Å². The highest BCUT2D eigenvalue weighted by molar-refractivity contribution is 5.89. The summed E-state index contributed by atoms with van der Waals surface area (Å²) in [5, 5.41) is 3.45. The van der Waals surface area contributed by atoms with Crippen molar-refractivity contribution in [2.45, 2.75) is 19.3 Å². The Labute approximate surface area is 170 Å². The number of anilines is 3. The smallest absolute Gasteiger partial charge is 0.115 e. The van der Waals surface area contributed by atoms with Gasteiger partial charge in [-0.2, -0.15) is 0 Å². The average Bonchev–Trinajstić information content (AvgIpc) is 2.81. The van der Waals surface area contributed by atoms with Gasteiger partial charge in [-0.3, -0.25) is 9.97 Å². The lowest BCUT2D eigenvalue weighted by molar-refractivity contribution is 0.578. The van der Waals surface area contributed by atoms with Crippen LogP contribution in [0.3, 0.4) is 0 Å². The third-order valence-electron chi connectivity index (χ3n) is 5.39. The minimum absolute atomic E-state index is 0.779. The average molecular weight is 381 g/mol. The van der Waals surface area contributed by atoms with Crippen LogP contribution >= 0.6 is 0 Å². The van der Waals surface area contributed by atoms with Gasteiger partial charge in [0.05, 0.1) is 30.0 Å². The highest BCUT2D eigenvalue weighted by Gasteiger charge is 2.11. The Hall–Kier alpha value is -3.47. The summed E-state index contributed by atoms with van der Waals surface area (Å²) in [6, 6.07) is 18.7. The number of nitrogens with one attached hydrogen (secondary N) is 1. The van der Waals surface area contributed by atoms with Gasteiger partial charge in [0.1, 0.15) is 11.0 Å². The van der Waals surface area contributed by atoms with Gasteiger partial charge >= 0.3 is 0 Å². The van der Waals surface area contributed by atoms with Gasteiger partial charge in [0.2, 0.25) is 0 Å². The molecule has 0 spiro atoms. The predicted molar refractivity (Wildman–Crippen MR) is 119 cm³/mol. The molecule has 1 aliphatic heterocycles. The van der Waals surface area contributed by atoms with Crippen molar-refractivity contribution in [1.29, 1.82) is 0 Å². The normalized spacial score (nSPS) is 14.1. The van der Waals surface area contributed by atoms with Crippen LogP contribution in [0.15, 0.2) is 73.2 Å². The van der Waals surface area contributed by atoms with E-state index in [-0.39, 0.29) is 0 Å². The Morgan fingerprint density at radius 1 is 0.793 bits per heavy atom. The second-order valence-corrected chi connectivity index (χ2v) is 7.40. The minimum Gasteiger partial charge on any atom is -0.372 e. The number of fused-ring (bicyclic) bond motifs is 1. The third kappa shape index (κ3) is 3.76. The molecule has 5 nitrogen and oxygen atoms in total. The van der Waals surface area contributed by atoms with Crippen LogP contribution in [0, 0.1) is 0 Å². The van der Waals surface area contributed by atoms with E-state index in [1.165, 1.54) is 24.9 Å². The molecule has 5 heteroatoms. The Bertz CT molecular complexity index is 1100. The van der Waals surface area contributed by atoms with Crippen LogP contribution in [-0.4, -0.2) is 28.0 Å². The summed E-state index contributed by atoms with van der Waals surface area (Å²) in [7, 11) is 0. The zero-order chi connectivity index (χ0) is 19.5. The Balaban J connectivity index is 1.40. The van der Waals surface area contributed by atoms with E-state index in [9.17, 15) is 0 Å². The van der Waals surface area contributed by atoms with E-state index in [0.717, 1.165) is 46.8 Å². The SMILES string of the molecule is c1ccc(-c2cnc3c(Nc4ccc(N5CCCCC5)cc4)cncc3n2)cc1. The maximum absolute atomic E-state index is 4.75. The molecule has 0 unspecified atom stereocenters. The maximum Gasteiger partial charge on any atom is 0.115 e. The Kier molecular flexibility index (Phi) is 4.78. The van der Waals surface area contributed by atoms with E-state index < -0.39 is 0 Å². The molecule has 0 radical (unpaired) electrons. The van der Waals surface area contributed by atoms with E-state index in [4.69, 9.17) is 4.98 Å². The molecule has 1 aliphatic rings. The Morgan fingerprint density at radius 2 is 1.59 bits per heavy atom. The van der Waals surface area contributed by atoms with Crippen LogP contribution in [0.1, 0.15) is 19.3 Å². The minimum atomic E-state index is 0.779. The molecule has 1 saturated heterocycles. The van der Waals surface area contributed by atoms with Gasteiger partial charge in [-0.05, 0) is 43.5 Å². The number of aromatic nitrogens is 3. The van der Waals surface area contributed by atoms with Crippen LogP contribution in [0.4, 0.5) is 17.1 Å². The molecule has 3 heterocycles. The van der Waals surface area contributed by atoms with Gasteiger partial charge in [0, 0.05) is 30.0 Å². The summed E-state index contributed by atoms with van der Waals surface area (Å²) >= 11 is 0. The first-order chi connectivity index (χ1) is 14.4. The molecule has 0 bridgehead atoms. The first-order valence-corrected chi connectivity index (χ1v) is 10.1. The summed E-state index contributed by atoms with van der Waals surface area (Å²) in [5.74, 6) is 0. The van der Waals surface area contributed by atoms with Crippen molar-refractivity contribution in [3.63, 3.8) is 0 Å². The monoisotopic (exact) mass is 381 g/mol. The molecular weight excluding hydrogens is 358 g/mol. The van der Waals surface area contributed by atoms with Crippen LogP contribution in [0.2, 0.25) is 0 Å². The van der Waals surface area contributed by atoms with E-state index in [0.29, 0.717) is 0 Å². The fourth-order valence-electron chi connectivity index (χ4n) is 3.85. The van der Waals surface area contributed by atoms with E-state index >= 15 is 0 Å². The molecule has 0 aliphatic carbocycles. The third-order valence-corrected chi connectivity index (χ3v) is 5.39. The quantitative estimate of drug-likeness (QED) is 0.511.